The normalized spacial score (nSPS) is 12.6. The number of fused-ring (bicyclic) bond motifs is 1. The first-order valence-electron chi connectivity index (χ1n) is 6.06. The Morgan fingerprint density at radius 1 is 1.32 bits per heavy atom. The van der Waals surface area contributed by atoms with Crippen LogP contribution in [-0.4, -0.2) is 26.3 Å². The van der Waals surface area contributed by atoms with Crippen molar-refractivity contribution < 1.29 is 28.8 Å². The largest absolute Gasteiger partial charge is 0.493 e. The Morgan fingerprint density at radius 2 is 2.05 bits per heavy atom. The zero-order valence-electron chi connectivity index (χ0n) is 11.1. The Morgan fingerprint density at radius 3 is 2.68 bits per heavy atom. The third-order valence-electron chi connectivity index (χ3n) is 2.64. The fourth-order valence-electron chi connectivity index (χ4n) is 1.86. The number of carbonyl (C=O) groups excluding carboxylic acids is 1. The van der Waals surface area contributed by atoms with Crippen LogP contribution in [0.5, 0.6) is 17.2 Å². The van der Waals surface area contributed by atoms with Crippen molar-refractivity contribution in [2.24, 2.45) is 0 Å². The van der Waals surface area contributed by atoms with E-state index in [-0.39, 0.29) is 12.2 Å². The summed E-state index contributed by atoms with van der Waals surface area (Å²) in [5.41, 5.74) is 0.995. The van der Waals surface area contributed by atoms with Crippen LogP contribution in [0.3, 0.4) is 0 Å². The number of hydrogen-bond acceptors (Lipinski definition) is 6. The standard InChI is InChI=1S/C13H16O6/c1-4-16-10-6-8(13(14)15-3)11(17-5-2)12-9(10)7-18-19-12/h6H,4-5,7H2,1-3H3. The van der Waals surface area contributed by atoms with E-state index < -0.39 is 5.97 Å². The van der Waals surface area contributed by atoms with E-state index in [1.807, 2.05) is 13.8 Å². The van der Waals surface area contributed by atoms with Gasteiger partial charge in [-0.2, -0.15) is 4.89 Å². The minimum absolute atomic E-state index is 0.256. The quantitative estimate of drug-likeness (QED) is 0.602. The molecule has 0 aromatic heterocycles. The number of benzene rings is 1. The molecule has 0 N–H and O–H groups in total. The number of hydrogen-bond donors (Lipinski definition) is 0. The molecule has 0 fully saturated rings. The van der Waals surface area contributed by atoms with Crippen molar-refractivity contribution in [3.63, 3.8) is 0 Å². The van der Waals surface area contributed by atoms with Crippen LogP contribution < -0.4 is 14.4 Å². The van der Waals surface area contributed by atoms with Gasteiger partial charge in [-0.3, -0.25) is 0 Å². The van der Waals surface area contributed by atoms with E-state index in [1.165, 1.54) is 7.11 Å². The van der Waals surface area contributed by atoms with Crippen LogP contribution in [0.1, 0.15) is 29.8 Å². The molecule has 1 aromatic rings. The molecule has 6 nitrogen and oxygen atoms in total. The maximum Gasteiger partial charge on any atom is 0.341 e. The summed E-state index contributed by atoms with van der Waals surface area (Å²) in [6.45, 7) is 4.80. The SMILES string of the molecule is CCOc1cc(C(=O)OC)c(OCC)c2c1COO2. The maximum atomic E-state index is 11.8. The molecule has 0 unspecified atom stereocenters. The zero-order chi connectivity index (χ0) is 13.8. The molecule has 1 aromatic carbocycles. The van der Waals surface area contributed by atoms with Gasteiger partial charge in [0.1, 0.15) is 17.9 Å². The number of ether oxygens (including phenoxy) is 3. The molecule has 0 spiro atoms. The summed E-state index contributed by atoms with van der Waals surface area (Å²) in [5.74, 6) is 0.736. The van der Waals surface area contributed by atoms with Crippen molar-refractivity contribution in [3.8, 4) is 17.2 Å². The fraction of sp³-hybridized carbons (Fsp3) is 0.462. The molecule has 1 aliphatic heterocycles. The minimum Gasteiger partial charge on any atom is -0.493 e. The first-order valence-corrected chi connectivity index (χ1v) is 6.06. The Labute approximate surface area is 111 Å². The van der Waals surface area contributed by atoms with Crippen LogP contribution in [0, 0.1) is 0 Å². The van der Waals surface area contributed by atoms with Crippen LogP contribution in [0.2, 0.25) is 0 Å². The fourth-order valence-corrected chi connectivity index (χ4v) is 1.86. The topological polar surface area (TPSA) is 63.2 Å². The molecule has 0 atom stereocenters. The van der Waals surface area contributed by atoms with Gasteiger partial charge in [0.25, 0.3) is 0 Å². The number of methoxy groups -OCH3 is 1. The highest BCUT2D eigenvalue weighted by molar-refractivity contribution is 5.94. The Hall–Kier alpha value is -1.95. The summed E-state index contributed by atoms with van der Waals surface area (Å²) in [4.78, 5) is 21.8. The van der Waals surface area contributed by atoms with Crippen LogP contribution in [0.15, 0.2) is 6.07 Å². The molecular weight excluding hydrogens is 252 g/mol. The monoisotopic (exact) mass is 268 g/mol. The molecule has 1 aliphatic rings. The van der Waals surface area contributed by atoms with E-state index in [0.717, 1.165) is 5.56 Å². The molecule has 1 heterocycles. The van der Waals surface area contributed by atoms with Gasteiger partial charge in [0.2, 0.25) is 5.75 Å². The smallest absolute Gasteiger partial charge is 0.341 e. The van der Waals surface area contributed by atoms with E-state index in [4.69, 9.17) is 24.0 Å². The number of esters is 1. The predicted molar refractivity (Wildman–Crippen MR) is 65.5 cm³/mol. The maximum absolute atomic E-state index is 11.8. The van der Waals surface area contributed by atoms with Crippen LogP contribution >= 0.6 is 0 Å². The average molecular weight is 268 g/mol. The number of rotatable bonds is 5. The number of carbonyl (C=O) groups is 1. The molecule has 2 rings (SSSR count). The second kappa shape index (κ2) is 5.79. The molecule has 104 valence electrons. The molecule has 0 saturated carbocycles. The van der Waals surface area contributed by atoms with Crippen LogP contribution in [0.4, 0.5) is 0 Å². The highest BCUT2D eigenvalue weighted by atomic mass is 17.2. The second-order valence-corrected chi connectivity index (χ2v) is 3.76. The third kappa shape index (κ3) is 2.44. The molecule has 0 saturated heterocycles. The Kier molecular flexibility index (Phi) is 4.11. The van der Waals surface area contributed by atoms with Crippen molar-refractivity contribution in [2.75, 3.05) is 20.3 Å². The zero-order valence-corrected chi connectivity index (χ0v) is 11.1. The molecule has 0 bridgehead atoms. The van der Waals surface area contributed by atoms with Crippen molar-refractivity contribution in [1.29, 1.82) is 0 Å². The lowest BCUT2D eigenvalue weighted by atomic mass is 10.1. The van der Waals surface area contributed by atoms with Crippen molar-refractivity contribution in [3.05, 3.63) is 17.2 Å². The summed E-state index contributed by atoms with van der Waals surface area (Å²) < 4.78 is 15.7. The van der Waals surface area contributed by atoms with Gasteiger partial charge >= 0.3 is 5.97 Å². The molecular formula is C13H16O6. The van der Waals surface area contributed by atoms with Crippen molar-refractivity contribution in [2.45, 2.75) is 20.5 Å². The lowest BCUT2D eigenvalue weighted by Gasteiger charge is -2.14. The lowest BCUT2D eigenvalue weighted by molar-refractivity contribution is -0.195. The highest BCUT2D eigenvalue weighted by Crippen LogP contribution is 2.45. The van der Waals surface area contributed by atoms with Crippen molar-refractivity contribution in [1.82, 2.24) is 0 Å². The minimum atomic E-state index is -0.511. The summed E-state index contributed by atoms with van der Waals surface area (Å²) in [6, 6.07) is 1.59. The first kappa shape index (κ1) is 13.5. The van der Waals surface area contributed by atoms with Gasteiger partial charge in [-0.15, -0.1) is 0 Å². The lowest BCUT2D eigenvalue weighted by Crippen LogP contribution is -2.08. The van der Waals surface area contributed by atoms with Crippen molar-refractivity contribution >= 4 is 5.97 Å². The average Bonchev–Trinajstić information content (AvgIpc) is 2.90. The van der Waals surface area contributed by atoms with E-state index in [9.17, 15) is 4.79 Å². The van der Waals surface area contributed by atoms with Gasteiger partial charge in [-0.1, -0.05) is 0 Å². The van der Waals surface area contributed by atoms with Gasteiger partial charge in [0, 0.05) is 0 Å². The van der Waals surface area contributed by atoms with Gasteiger partial charge in [0.15, 0.2) is 5.75 Å². The summed E-state index contributed by atoms with van der Waals surface area (Å²) in [7, 11) is 1.31. The summed E-state index contributed by atoms with van der Waals surface area (Å²) in [5, 5.41) is 0. The first-order chi connectivity index (χ1) is 9.22. The molecule has 0 aliphatic carbocycles. The van der Waals surface area contributed by atoms with E-state index >= 15 is 0 Å². The van der Waals surface area contributed by atoms with Gasteiger partial charge in [0.05, 0.1) is 25.9 Å². The van der Waals surface area contributed by atoms with Gasteiger partial charge in [-0.05, 0) is 19.9 Å². The molecule has 19 heavy (non-hydrogen) atoms. The second-order valence-electron chi connectivity index (χ2n) is 3.76. The molecule has 6 heteroatoms. The van der Waals surface area contributed by atoms with Gasteiger partial charge < -0.3 is 19.1 Å². The molecule has 0 radical (unpaired) electrons. The van der Waals surface area contributed by atoms with E-state index in [2.05, 4.69) is 0 Å². The Bertz CT molecular complexity index is 483. The summed E-state index contributed by atoms with van der Waals surface area (Å²) >= 11 is 0. The predicted octanol–water partition coefficient (Wildman–Crippen LogP) is 2.09. The van der Waals surface area contributed by atoms with Crippen LogP contribution in [0.25, 0.3) is 0 Å². The third-order valence-corrected chi connectivity index (χ3v) is 2.64. The van der Waals surface area contributed by atoms with E-state index in [1.54, 1.807) is 6.07 Å². The Balaban J connectivity index is 2.57. The highest BCUT2D eigenvalue weighted by Gasteiger charge is 2.30. The van der Waals surface area contributed by atoms with E-state index in [0.29, 0.717) is 30.5 Å². The molecule has 0 amide bonds. The van der Waals surface area contributed by atoms with Crippen LogP contribution in [-0.2, 0) is 16.2 Å². The summed E-state index contributed by atoms with van der Waals surface area (Å²) in [6.07, 6.45) is 0. The van der Waals surface area contributed by atoms with Gasteiger partial charge in [-0.25, -0.2) is 4.79 Å².